The normalized spacial score (nSPS) is 19.9. The molecule has 7 nitrogen and oxygen atoms in total. The molecule has 2 atom stereocenters. The summed E-state index contributed by atoms with van der Waals surface area (Å²) in [5, 5.41) is 2.56. The quantitative estimate of drug-likeness (QED) is 0.788. The summed E-state index contributed by atoms with van der Waals surface area (Å²) in [5.41, 5.74) is -0.611. The van der Waals surface area contributed by atoms with Crippen LogP contribution in [0.25, 0.3) is 0 Å². The van der Waals surface area contributed by atoms with Crippen LogP contribution in [0.5, 0.6) is 0 Å². The van der Waals surface area contributed by atoms with Crippen LogP contribution < -0.4 is 5.32 Å². The van der Waals surface area contributed by atoms with Gasteiger partial charge in [0, 0.05) is 6.54 Å². The van der Waals surface area contributed by atoms with Crippen molar-refractivity contribution in [3.63, 3.8) is 0 Å². The molecule has 1 aliphatic heterocycles. The highest BCUT2D eigenvalue weighted by molar-refractivity contribution is 5.89. The second kappa shape index (κ2) is 6.78. The zero-order valence-electron chi connectivity index (χ0n) is 13.3. The molecule has 0 bridgehead atoms. The molecule has 0 saturated carbocycles. The van der Waals surface area contributed by atoms with Crippen LogP contribution in [-0.2, 0) is 19.1 Å². The summed E-state index contributed by atoms with van der Waals surface area (Å²) in [5.74, 6) is -0.888. The SMILES string of the molecule is COC(=O)[C@H](C)NC(=O)[C@H]1CCCN1C(=O)OC(C)(C)C. The van der Waals surface area contributed by atoms with Gasteiger partial charge in [-0.25, -0.2) is 9.59 Å². The lowest BCUT2D eigenvalue weighted by Gasteiger charge is -2.28. The van der Waals surface area contributed by atoms with Crippen molar-refractivity contribution in [2.24, 2.45) is 0 Å². The molecular formula is C14H24N2O5. The Morgan fingerprint density at radius 1 is 1.29 bits per heavy atom. The molecule has 1 aliphatic rings. The highest BCUT2D eigenvalue weighted by atomic mass is 16.6. The van der Waals surface area contributed by atoms with E-state index in [0.29, 0.717) is 13.0 Å². The first-order valence-corrected chi connectivity index (χ1v) is 7.03. The lowest BCUT2D eigenvalue weighted by molar-refractivity contribution is -0.145. The standard InChI is InChI=1S/C14H24N2O5/c1-9(12(18)20-5)15-11(17)10-7-6-8-16(10)13(19)21-14(2,3)4/h9-10H,6-8H2,1-5H3,(H,15,17)/t9-,10+/m0/s1. The molecule has 0 aliphatic carbocycles. The van der Waals surface area contributed by atoms with E-state index in [9.17, 15) is 14.4 Å². The zero-order chi connectivity index (χ0) is 16.2. The number of esters is 1. The van der Waals surface area contributed by atoms with E-state index >= 15 is 0 Å². The van der Waals surface area contributed by atoms with Crippen LogP contribution in [0.2, 0.25) is 0 Å². The summed E-state index contributed by atoms with van der Waals surface area (Å²) in [6.07, 6.45) is 0.772. The maximum atomic E-state index is 12.2. The van der Waals surface area contributed by atoms with Crippen LogP contribution in [0.15, 0.2) is 0 Å². The lowest BCUT2D eigenvalue weighted by Crippen LogP contribution is -2.51. The number of methoxy groups -OCH3 is 1. The highest BCUT2D eigenvalue weighted by Gasteiger charge is 2.37. The largest absolute Gasteiger partial charge is 0.467 e. The predicted molar refractivity (Wildman–Crippen MR) is 75.6 cm³/mol. The Kier molecular flexibility index (Phi) is 5.57. The Labute approximate surface area is 124 Å². The number of ether oxygens (including phenoxy) is 2. The van der Waals surface area contributed by atoms with E-state index in [4.69, 9.17) is 4.74 Å². The lowest BCUT2D eigenvalue weighted by atomic mass is 10.2. The Morgan fingerprint density at radius 2 is 1.90 bits per heavy atom. The zero-order valence-corrected chi connectivity index (χ0v) is 13.3. The van der Waals surface area contributed by atoms with Crippen LogP contribution in [0.4, 0.5) is 4.79 Å². The number of hydrogen-bond donors (Lipinski definition) is 1. The maximum Gasteiger partial charge on any atom is 0.410 e. The third kappa shape index (κ3) is 4.91. The van der Waals surface area contributed by atoms with Crippen LogP contribution in [0.3, 0.4) is 0 Å². The Balaban J connectivity index is 2.66. The number of carbonyl (C=O) groups excluding carboxylic acids is 3. The minimum absolute atomic E-state index is 0.365. The molecule has 0 aromatic heterocycles. The number of nitrogens with zero attached hydrogens (tertiary/aromatic N) is 1. The summed E-state index contributed by atoms with van der Waals surface area (Å²) in [6, 6.07) is -1.35. The van der Waals surface area contributed by atoms with Gasteiger partial charge < -0.3 is 14.8 Å². The van der Waals surface area contributed by atoms with Crippen molar-refractivity contribution in [3.8, 4) is 0 Å². The predicted octanol–water partition coefficient (Wildman–Crippen LogP) is 1.06. The number of likely N-dealkylation sites (tertiary alicyclic amines) is 1. The summed E-state index contributed by atoms with van der Waals surface area (Å²) in [7, 11) is 1.26. The van der Waals surface area contributed by atoms with E-state index in [-0.39, 0.29) is 5.91 Å². The first-order chi connectivity index (χ1) is 9.65. The minimum atomic E-state index is -0.747. The molecule has 7 heteroatoms. The van der Waals surface area contributed by atoms with Gasteiger partial charge in [0.2, 0.25) is 5.91 Å². The molecule has 1 heterocycles. The molecule has 1 N–H and O–H groups in total. The number of carbonyl (C=O) groups is 3. The Hall–Kier alpha value is -1.79. The molecular weight excluding hydrogens is 276 g/mol. The Morgan fingerprint density at radius 3 is 2.43 bits per heavy atom. The van der Waals surface area contributed by atoms with Gasteiger partial charge in [0.15, 0.2) is 0 Å². The maximum absolute atomic E-state index is 12.2. The molecule has 0 aromatic carbocycles. The fourth-order valence-electron chi connectivity index (χ4n) is 2.12. The molecule has 120 valence electrons. The van der Waals surface area contributed by atoms with Gasteiger partial charge in [-0.2, -0.15) is 0 Å². The highest BCUT2D eigenvalue weighted by Crippen LogP contribution is 2.21. The van der Waals surface area contributed by atoms with Crippen LogP contribution in [0, 0.1) is 0 Å². The number of amides is 2. The second-order valence-electron chi connectivity index (χ2n) is 6.09. The summed E-state index contributed by atoms with van der Waals surface area (Å²) in [6.45, 7) is 7.33. The van der Waals surface area contributed by atoms with E-state index in [1.807, 2.05) is 0 Å². The van der Waals surface area contributed by atoms with Crippen molar-refractivity contribution >= 4 is 18.0 Å². The monoisotopic (exact) mass is 300 g/mol. The first kappa shape index (κ1) is 17.3. The van der Waals surface area contributed by atoms with Crippen LogP contribution >= 0.6 is 0 Å². The Bertz CT molecular complexity index is 416. The first-order valence-electron chi connectivity index (χ1n) is 7.03. The van der Waals surface area contributed by atoms with Crippen LogP contribution in [-0.4, -0.2) is 54.2 Å². The average Bonchev–Trinajstić information content (AvgIpc) is 2.84. The van der Waals surface area contributed by atoms with Crippen molar-refractivity contribution in [2.45, 2.75) is 58.2 Å². The fourth-order valence-corrected chi connectivity index (χ4v) is 2.12. The van der Waals surface area contributed by atoms with Crippen molar-refractivity contribution in [3.05, 3.63) is 0 Å². The summed E-state index contributed by atoms with van der Waals surface area (Å²) >= 11 is 0. The number of hydrogen-bond acceptors (Lipinski definition) is 5. The summed E-state index contributed by atoms with van der Waals surface area (Å²) < 4.78 is 9.85. The summed E-state index contributed by atoms with van der Waals surface area (Å²) in [4.78, 5) is 37.0. The topological polar surface area (TPSA) is 84.9 Å². The van der Waals surface area contributed by atoms with Gasteiger partial charge in [-0.05, 0) is 40.5 Å². The number of rotatable bonds is 3. The number of nitrogens with one attached hydrogen (secondary N) is 1. The van der Waals surface area contributed by atoms with Gasteiger partial charge in [-0.15, -0.1) is 0 Å². The minimum Gasteiger partial charge on any atom is -0.467 e. The fraction of sp³-hybridized carbons (Fsp3) is 0.786. The molecule has 1 fully saturated rings. The van der Waals surface area contributed by atoms with Gasteiger partial charge >= 0.3 is 12.1 Å². The van der Waals surface area contributed by atoms with Crippen molar-refractivity contribution in [2.75, 3.05) is 13.7 Å². The van der Waals surface area contributed by atoms with E-state index < -0.39 is 29.7 Å². The molecule has 1 rings (SSSR count). The molecule has 1 saturated heterocycles. The van der Waals surface area contributed by atoms with E-state index in [1.54, 1.807) is 20.8 Å². The van der Waals surface area contributed by atoms with Crippen molar-refractivity contribution < 1.29 is 23.9 Å². The van der Waals surface area contributed by atoms with E-state index in [1.165, 1.54) is 18.9 Å². The average molecular weight is 300 g/mol. The third-order valence-electron chi connectivity index (χ3n) is 3.10. The molecule has 0 aromatic rings. The van der Waals surface area contributed by atoms with Gasteiger partial charge in [0.25, 0.3) is 0 Å². The van der Waals surface area contributed by atoms with Gasteiger partial charge in [0.05, 0.1) is 7.11 Å². The van der Waals surface area contributed by atoms with E-state index in [0.717, 1.165) is 6.42 Å². The van der Waals surface area contributed by atoms with Gasteiger partial charge in [0.1, 0.15) is 17.7 Å². The molecule has 0 spiro atoms. The molecule has 2 amide bonds. The van der Waals surface area contributed by atoms with Crippen LogP contribution in [0.1, 0.15) is 40.5 Å². The second-order valence-corrected chi connectivity index (χ2v) is 6.09. The van der Waals surface area contributed by atoms with E-state index in [2.05, 4.69) is 10.1 Å². The van der Waals surface area contributed by atoms with Crippen molar-refractivity contribution in [1.29, 1.82) is 0 Å². The molecule has 0 unspecified atom stereocenters. The molecule has 0 radical (unpaired) electrons. The van der Waals surface area contributed by atoms with Crippen molar-refractivity contribution in [1.82, 2.24) is 10.2 Å². The van der Waals surface area contributed by atoms with Gasteiger partial charge in [-0.3, -0.25) is 9.69 Å². The van der Waals surface area contributed by atoms with Gasteiger partial charge in [-0.1, -0.05) is 0 Å². The smallest absolute Gasteiger partial charge is 0.410 e. The third-order valence-corrected chi connectivity index (χ3v) is 3.10. The molecule has 21 heavy (non-hydrogen) atoms.